The summed E-state index contributed by atoms with van der Waals surface area (Å²) >= 11 is 3.05. The maximum absolute atomic E-state index is 13.1. The lowest BCUT2D eigenvalue weighted by Gasteiger charge is -2.08. The van der Waals surface area contributed by atoms with Crippen LogP contribution in [0.5, 0.6) is 5.75 Å². The zero-order chi connectivity index (χ0) is 22.3. The summed E-state index contributed by atoms with van der Waals surface area (Å²) < 4.78 is 12.4. The van der Waals surface area contributed by atoms with Crippen LogP contribution in [0.25, 0.3) is 11.0 Å². The Bertz CT molecular complexity index is 1280. The second-order valence-electron chi connectivity index (χ2n) is 6.87. The zero-order valence-corrected chi connectivity index (χ0v) is 19.0. The number of nitrogens with one attached hydrogen (secondary N) is 1. The van der Waals surface area contributed by atoms with E-state index in [0.717, 1.165) is 20.3 Å². The van der Waals surface area contributed by atoms with Gasteiger partial charge in [0.05, 0.1) is 12.7 Å². The number of hydrogen-bond donors (Lipinski definition) is 1. The average molecular weight is 465 g/mol. The van der Waals surface area contributed by atoms with E-state index in [9.17, 15) is 4.79 Å². The number of benzene rings is 2. The minimum atomic E-state index is -0.327. The number of amides is 1. The van der Waals surface area contributed by atoms with Crippen molar-refractivity contribution in [3.63, 3.8) is 0 Å². The first-order valence-electron chi connectivity index (χ1n) is 9.98. The van der Waals surface area contributed by atoms with Gasteiger partial charge in [0.2, 0.25) is 0 Å². The van der Waals surface area contributed by atoms with Crippen LogP contribution in [-0.2, 0) is 5.75 Å². The van der Waals surface area contributed by atoms with E-state index >= 15 is 0 Å². The molecule has 4 aromatic rings. The lowest BCUT2D eigenvalue weighted by Crippen LogP contribution is -2.13. The van der Waals surface area contributed by atoms with Crippen LogP contribution in [0.4, 0.5) is 5.69 Å². The third-order valence-corrected chi connectivity index (χ3v) is 6.54. The number of ether oxygens (including phenoxy) is 1. The van der Waals surface area contributed by atoms with Crippen LogP contribution < -0.4 is 10.1 Å². The first-order valence-corrected chi connectivity index (χ1v) is 11.8. The molecule has 7 nitrogen and oxygen atoms in total. The van der Waals surface area contributed by atoms with Gasteiger partial charge in [-0.2, -0.15) is 5.26 Å². The van der Waals surface area contributed by atoms with Crippen molar-refractivity contribution >= 4 is 45.7 Å². The van der Waals surface area contributed by atoms with Crippen LogP contribution >= 0.6 is 23.1 Å². The van der Waals surface area contributed by atoms with Crippen LogP contribution in [0.15, 0.2) is 57.3 Å². The standard InChI is InChI=1S/C23H20N4O3S2/c1-15-26-27-23(32-15)31-14-19-18-9-2-3-10-20(18)30-21(19)22(28)25-16-7-6-8-17(13-16)29-12-5-4-11-24/h2-3,6-10,13H,4-5,12,14H2,1H3,(H,25,28). The summed E-state index contributed by atoms with van der Waals surface area (Å²) in [6.45, 7) is 2.36. The maximum atomic E-state index is 13.1. The molecule has 2 heterocycles. The number of unbranched alkanes of at least 4 members (excludes halogenated alkanes) is 1. The highest BCUT2D eigenvalue weighted by Gasteiger charge is 2.21. The molecule has 0 aliphatic carbocycles. The lowest BCUT2D eigenvalue weighted by molar-refractivity contribution is 0.0998. The number of carbonyl (C=O) groups excluding carboxylic acids is 1. The van der Waals surface area contributed by atoms with Gasteiger partial charge in [0.25, 0.3) is 5.91 Å². The number of aryl methyl sites for hydroxylation is 1. The number of para-hydroxylation sites is 1. The number of furan rings is 1. The van der Waals surface area contributed by atoms with Crippen LogP contribution in [0.1, 0.15) is 34.0 Å². The highest BCUT2D eigenvalue weighted by molar-refractivity contribution is 8.00. The summed E-state index contributed by atoms with van der Waals surface area (Å²) in [5.41, 5.74) is 2.09. The van der Waals surface area contributed by atoms with Gasteiger partial charge in [-0.1, -0.05) is 47.4 Å². The number of anilines is 1. The number of carbonyl (C=O) groups is 1. The fourth-order valence-corrected chi connectivity index (χ4v) is 4.93. The van der Waals surface area contributed by atoms with Crippen molar-refractivity contribution in [2.75, 3.05) is 11.9 Å². The average Bonchev–Trinajstić information content (AvgIpc) is 3.38. The molecule has 9 heteroatoms. The highest BCUT2D eigenvalue weighted by atomic mass is 32.2. The fraction of sp³-hybridized carbons (Fsp3) is 0.217. The molecule has 2 aromatic carbocycles. The van der Waals surface area contributed by atoms with Crippen molar-refractivity contribution in [3.8, 4) is 11.8 Å². The van der Waals surface area contributed by atoms with Gasteiger partial charge < -0.3 is 14.5 Å². The number of thioether (sulfide) groups is 1. The summed E-state index contributed by atoms with van der Waals surface area (Å²) in [6, 6.07) is 16.9. The van der Waals surface area contributed by atoms with E-state index in [1.54, 1.807) is 12.1 Å². The van der Waals surface area contributed by atoms with Crippen molar-refractivity contribution in [3.05, 3.63) is 64.9 Å². The summed E-state index contributed by atoms with van der Waals surface area (Å²) in [5.74, 6) is 1.12. The van der Waals surface area contributed by atoms with Gasteiger partial charge in [0.1, 0.15) is 16.3 Å². The van der Waals surface area contributed by atoms with Crippen LogP contribution in [0.2, 0.25) is 0 Å². The van der Waals surface area contributed by atoms with E-state index in [0.29, 0.717) is 42.2 Å². The third-order valence-electron chi connectivity index (χ3n) is 4.55. The number of rotatable bonds is 9. The molecule has 0 bridgehead atoms. The van der Waals surface area contributed by atoms with E-state index in [1.165, 1.54) is 23.1 Å². The Balaban J connectivity index is 1.52. The Morgan fingerprint density at radius 1 is 1.25 bits per heavy atom. The summed E-state index contributed by atoms with van der Waals surface area (Å²) in [7, 11) is 0. The maximum Gasteiger partial charge on any atom is 0.291 e. The molecule has 2 aromatic heterocycles. The van der Waals surface area contributed by atoms with Crippen molar-refractivity contribution < 1.29 is 13.9 Å². The van der Waals surface area contributed by atoms with Gasteiger partial charge in [0.15, 0.2) is 10.1 Å². The Hall–Kier alpha value is -3.35. The Kier molecular flexibility index (Phi) is 7.04. The summed E-state index contributed by atoms with van der Waals surface area (Å²) in [6.07, 6.45) is 1.10. The molecule has 4 rings (SSSR count). The molecule has 0 aliphatic heterocycles. The van der Waals surface area contributed by atoms with E-state index < -0.39 is 0 Å². The first kappa shape index (κ1) is 21.9. The van der Waals surface area contributed by atoms with Gasteiger partial charge in [-0.05, 0) is 31.5 Å². The van der Waals surface area contributed by atoms with Gasteiger partial charge >= 0.3 is 0 Å². The zero-order valence-electron chi connectivity index (χ0n) is 17.3. The molecule has 0 fully saturated rings. The third kappa shape index (κ3) is 5.28. The lowest BCUT2D eigenvalue weighted by atomic mass is 10.1. The fourth-order valence-electron chi connectivity index (χ4n) is 3.09. The molecule has 0 aliphatic rings. The largest absolute Gasteiger partial charge is 0.493 e. The predicted molar refractivity (Wildman–Crippen MR) is 125 cm³/mol. The number of aromatic nitrogens is 2. The molecular formula is C23H20N4O3S2. The quantitative estimate of drug-likeness (QED) is 0.246. The second-order valence-corrected chi connectivity index (χ2v) is 9.28. The Labute approximate surface area is 193 Å². The monoisotopic (exact) mass is 464 g/mol. The molecule has 1 amide bonds. The topological polar surface area (TPSA) is 101 Å². The molecule has 32 heavy (non-hydrogen) atoms. The van der Waals surface area contributed by atoms with Crippen LogP contribution in [0.3, 0.4) is 0 Å². The molecular weight excluding hydrogens is 444 g/mol. The molecule has 1 N–H and O–H groups in total. The summed E-state index contributed by atoms with van der Waals surface area (Å²) in [4.78, 5) is 13.1. The Morgan fingerprint density at radius 2 is 2.12 bits per heavy atom. The predicted octanol–water partition coefficient (Wildman–Crippen LogP) is 5.82. The number of nitrogens with zero attached hydrogens (tertiary/aromatic N) is 3. The molecule has 0 unspecified atom stereocenters. The Morgan fingerprint density at radius 3 is 2.94 bits per heavy atom. The highest BCUT2D eigenvalue weighted by Crippen LogP contribution is 2.33. The van der Waals surface area contributed by atoms with Gasteiger partial charge in [-0.15, -0.1) is 10.2 Å². The molecule has 0 atom stereocenters. The van der Waals surface area contributed by atoms with Crippen molar-refractivity contribution in [2.45, 2.75) is 29.9 Å². The van der Waals surface area contributed by atoms with E-state index in [1.807, 2.05) is 43.3 Å². The number of hydrogen-bond acceptors (Lipinski definition) is 8. The molecule has 0 saturated carbocycles. The number of nitriles is 1. The van der Waals surface area contributed by atoms with E-state index in [-0.39, 0.29) is 11.7 Å². The van der Waals surface area contributed by atoms with E-state index in [2.05, 4.69) is 21.6 Å². The molecule has 0 spiro atoms. The SMILES string of the molecule is Cc1nnc(SCc2c(C(=O)Nc3cccc(OCCCC#N)c3)oc3ccccc23)s1. The van der Waals surface area contributed by atoms with Crippen molar-refractivity contribution in [1.82, 2.24) is 10.2 Å². The molecule has 0 radical (unpaired) electrons. The van der Waals surface area contributed by atoms with Crippen LogP contribution in [0, 0.1) is 18.3 Å². The van der Waals surface area contributed by atoms with Crippen molar-refractivity contribution in [1.29, 1.82) is 5.26 Å². The molecule has 162 valence electrons. The minimum Gasteiger partial charge on any atom is -0.493 e. The summed E-state index contributed by atoms with van der Waals surface area (Å²) in [5, 5.41) is 21.5. The van der Waals surface area contributed by atoms with Crippen LogP contribution in [-0.4, -0.2) is 22.7 Å². The second kappa shape index (κ2) is 10.3. The van der Waals surface area contributed by atoms with E-state index in [4.69, 9.17) is 14.4 Å². The van der Waals surface area contributed by atoms with Gasteiger partial charge in [-0.3, -0.25) is 4.79 Å². The number of fused-ring (bicyclic) bond motifs is 1. The normalized spacial score (nSPS) is 10.8. The first-order chi connectivity index (χ1) is 15.6. The smallest absolute Gasteiger partial charge is 0.291 e. The van der Waals surface area contributed by atoms with Gasteiger partial charge in [0, 0.05) is 34.9 Å². The van der Waals surface area contributed by atoms with Crippen molar-refractivity contribution in [2.24, 2.45) is 0 Å². The molecule has 0 saturated heterocycles. The van der Waals surface area contributed by atoms with Gasteiger partial charge in [-0.25, -0.2) is 0 Å². The minimum absolute atomic E-state index is 0.278.